The molecule has 3 aromatic carbocycles. The summed E-state index contributed by atoms with van der Waals surface area (Å²) < 4.78 is 51.8. The van der Waals surface area contributed by atoms with Gasteiger partial charge in [-0.3, -0.25) is 13.9 Å². The molecule has 0 saturated carbocycles. The Hall–Kier alpha value is -4.12. The highest BCUT2D eigenvalue weighted by molar-refractivity contribution is 7.92. The average molecular weight is 542 g/mol. The van der Waals surface area contributed by atoms with Gasteiger partial charge in [-0.15, -0.1) is 0 Å². The predicted molar refractivity (Wildman–Crippen MR) is 140 cm³/mol. The summed E-state index contributed by atoms with van der Waals surface area (Å²) in [4.78, 5) is 28.1. The quantitative estimate of drug-likeness (QED) is 0.423. The van der Waals surface area contributed by atoms with E-state index in [-0.39, 0.29) is 31.0 Å². The van der Waals surface area contributed by atoms with E-state index < -0.39 is 40.2 Å². The Balaban J connectivity index is 1.71. The Bertz CT molecular complexity index is 1420. The molecule has 9 nitrogen and oxygen atoms in total. The Labute approximate surface area is 220 Å². The monoisotopic (exact) mass is 541 g/mol. The number of nitrogens with zero attached hydrogens (tertiary/aromatic N) is 2. The van der Waals surface area contributed by atoms with E-state index in [2.05, 4.69) is 5.32 Å². The first-order valence-corrected chi connectivity index (χ1v) is 13.7. The molecule has 0 unspecified atom stereocenters. The number of hydrogen-bond donors (Lipinski definition) is 1. The van der Waals surface area contributed by atoms with Crippen molar-refractivity contribution < 1.29 is 31.9 Å². The lowest BCUT2D eigenvalue weighted by Gasteiger charge is -2.33. The van der Waals surface area contributed by atoms with E-state index in [4.69, 9.17) is 9.47 Å². The highest BCUT2D eigenvalue weighted by Gasteiger charge is 2.33. The van der Waals surface area contributed by atoms with Crippen molar-refractivity contribution in [1.29, 1.82) is 0 Å². The third-order valence-corrected chi connectivity index (χ3v) is 7.28. The van der Waals surface area contributed by atoms with Crippen LogP contribution in [0.1, 0.15) is 11.1 Å². The molecule has 11 heteroatoms. The largest absolute Gasteiger partial charge is 0.454 e. The van der Waals surface area contributed by atoms with E-state index in [1.807, 2.05) is 30.3 Å². The van der Waals surface area contributed by atoms with E-state index in [1.165, 1.54) is 42.3 Å². The number of amides is 2. The number of carbonyl (C=O) groups excluding carboxylic acids is 2. The number of ether oxygens (including phenoxy) is 2. The summed E-state index contributed by atoms with van der Waals surface area (Å²) in [6.45, 7) is -0.856. The molecule has 0 radical (unpaired) electrons. The fourth-order valence-electron chi connectivity index (χ4n) is 4.18. The molecule has 0 fully saturated rings. The van der Waals surface area contributed by atoms with Gasteiger partial charge >= 0.3 is 0 Å². The molecule has 0 aromatic heterocycles. The highest BCUT2D eigenvalue weighted by Crippen LogP contribution is 2.36. The number of hydrogen-bond acceptors (Lipinski definition) is 6. The second-order valence-electron chi connectivity index (χ2n) is 8.74. The zero-order valence-electron chi connectivity index (χ0n) is 21.0. The van der Waals surface area contributed by atoms with Crippen molar-refractivity contribution >= 4 is 27.5 Å². The summed E-state index contributed by atoms with van der Waals surface area (Å²) in [6.07, 6.45) is 1.12. The molecular formula is C27H28FN3O6S. The van der Waals surface area contributed by atoms with Gasteiger partial charge in [0, 0.05) is 31.6 Å². The smallest absolute Gasteiger partial charge is 0.244 e. The number of halogens is 1. The van der Waals surface area contributed by atoms with E-state index in [9.17, 15) is 22.4 Å². The molecule has 0 bridgehead atoms. The molecule has 4 rings (SSSR count). The van der Waals surface area contributed by atoms with Crippen LogP contribution < -0.4 is 19.1 Å². The van der Waals surface area contributed by atoms with Gasteiger partial charge < -0.3 is 19.7 Å². The van der Waals surface area contributed by atoms with E-state index in [0.717, 1.165) is 16.1 Å². The van der Waals surface area contributed by atoms with Crippen LogP contribution in [0.2, 0.25) is 0 Å². The van der Waals surface area contributed by atoms with E-state index >= 15 is 0 Å². The van der Waals surface area contributed by atoms with Gasteiger partial charge in [0.15, 0.2) is 11.5 Å². The lowest BCUT2D eigenvalue weighted by Crippen LogP contribution is -2.53. The van der Waals surface area contributed by atoms with Crippen LogP contribution in [-0.4, -0.2) is 57.8 Å². The maximum absolute atomic E-state index is 14.7. The third kappa shape index (κ3) is 6.23. The standard InChI is InChI=1S/C27H28FN3O6S/c1-29-27(33)23(14-19-8-4-3-5-9-19)30(16-20-10-6-7-11-22(20)28)26(32)17-31(38(2,34)35)21-12-13-24-25(15-21)37-18-36-24/h3-13,15,23H,14,16-18H2,1-2H3,(H,29,33)/t23-/m0/s1. The molecule has 1 atom stereocenters. The second kappa shape index (κ2) is 11.5. The molecule has 3 aromatic rings. The summed E-state index contributed by atoms with van der Waals surface area (Å²) in [5.74, 6) is -0.888. The first kappa shape index (κ1) is 26.9. The Morgan fingerprint density at radius 3 is 2.37 bits per heavy atom. The summed E-state index contributed by atoms with van der Waals surface area (Å²) in [5, 5.41) is 2.58. The fraction of sp³-hybridized carbons (Fsp3) is 0.259. The zero-order valence-corrected chi connectivity index (χ0v) is 21.8. The van der Waals surface area contributed by atoms with Crippen LogP contribution in [0.5, 0.6) is 11.5 Å². The third-order valence-electron chi connectivity index (χ3n) is 6.14. The normalized spacial score (nSPS) is 13.0. The molecule has 1 aliphatic rings. The van der Waals surface area contributed by atoms with Crippen LogP contribution in [0, 0.1) is 5.82 Å². The first-order chi connectivity index (χ1) is 18.2. The minimum atomic E-state index is -3.94. The van der Waals surface area contributed by atoms with Crippen LogP contribution >= 0.6 is 0 Å². The summed E-state index contributed by atoms with van der Waals surface area (Å²) in [7, 11) is -2.49. The number of benzene rings is 3. The van der Waals surface area contributed by atoms with Gasteiger partial charge in [-0.05, 0) is 23.8 Å². The number of rotatable bonds is 10. The molecule has 1 N–H and O–H groups in total. The molecular weight excluding hydrogens is 513 g/mol. The Kier molecular flexibility index (Phi) is 8.16. The SMILES string of the molecule is CNC(=O)[C@H](Cc1ccccc1)N(Cc1ccccc1F)C(=O)CN(c1ccc2c(c1)OCO2)S(C)(=O)=O. The molecule has 2 amide bonds. The number of fused-ring (bicyclic) bond motifs is 1. The predicted octanol–water partition coefficient (Wildman–Crippen LogP) is 2.71. The molecule has 38 heavy (non-hydrogen) atoms. The van der Waals surface area contributed by atoms with Gasteiger partial charge in [-0.1, -0.05) is 48.5 Å². The number of nitrogens with one attached hydrogen (secondary N) is 1. The van der Waals surface area contributed by atoms with Gasteiger partial charge in [-0.2, -0.15) is 0 Å². The molecule has 0 aliphatic carbocycles. The van der Waals surface area contributed by atoms with E-state index in [0.29, 0.717) is 11.5 Å². The summed E-state index contributed by atoms with van der Waals surface area (Å²) >= 11 is 0. The molecule has 0 spiro atoms. The van der Waals surface area contributed by atoms with Gasteiger partial charge in [0.25, 0.3) is 0 Å². The molecule has 200 valence electrons. The minimum absolute atomic E-state index is 0.000303. The van der Waals surface area contributed by atoms with Crippen LogP contribution in [0.4, 0.5) is 10.1 Å². The molecule has 0 saturated heterocycles. The fourth-order valence-corrected chi connectivity index (χ4v) is 5.03. The van der Waals surface area contributed by atoms with Crippen molar-refractivity contribution in [3.05, 3.63) is 89.7 Å². The summed E-state index contributed by atoms with van der Waals surface area (Å²) in [5.41, 5.74) is 1.16. The number of anilines is 1. The maximum atomic E-state index is 14.7. The van der Waals surface area contributed by atoms with Crippen LogP contribution in [0.25, 0.3) is 0 Å². The van der Waals surface area contributed by atoms with Crippen molar-refractivity contribution in [2.45, 2.75) is 19.0 Å². The van der Waals surface area contributed by atoms with Crippen molar-refractivity contribution in [3.63, 3.8) is 0 Å². The van der Waals surface area contributed by atoms with E-state index in [1.54, 1.807) is 12.1 Å². The van der Waals surface area contributed by atoms with Crippen LogP contribution in [0.3, 0.4) is 0 Å². The molecule has 1 heterocycles. The second-order valence-corrected chi connectivity index (χ2v) is 10.6. The topological polar surface area (TPSA) is 105 Å². The molecule has 1 aliphatic heterocycles. The maximum Gasteiger partial charge on any atom is 0.244 e. The number of sulfonamides is 1. The van der Waals surface area contributed by atoms with Crippen molar-refractivity contribution in [2.24, 2.45) is 0 Å². The zero-order chi connectivity index (χ0) is 27.3. The van der Waals surface area contributed by atoms with Crippen molar-refractivity contribution in [2.75, 3.05) is 30.9 Å². The van der Waals surface area contributed by atoms with Gasteiger partial charge in [0.1, 0.15) is 18.4 Å². The van der Waals surface area contributed by atoms with Gasteiger partial charge in [-0.25, -0.2) is 12.8 Å². The number of carbonyl (C=O) groups is 2. The summed E-state index contributed by atoms with van der Waals surface area (Å²) in [6, 6.07) is 18.5. The lowest BCUT2D eigenvalue weighted by atomic mass is 10.0. The lowest BCUT2D eigenvalue weighted by molar-refractivity contribution is -0.139. The van der Waals surface area contributed by atoms with Crippen molar-refractivity contribution in [3.8, 4) is 11.5 Å². The van der Waals surface area contributed by atoms with Crippen LogP contribution in [-0.2, 0) is 32.6 Å². The minimum Gasteiger partial charge on any atom is -0.454 e. The van der Waals surface area contributed by atoms with Gasteiger partial charge in [0.2, 0.25) is 28.6 Å². The van der Waals surface area contributed by atoms with Gasteiger partial charge in [0.05, 0.1) is 11.9 Å². The average Bonchev–Trinajstić information content (AvgIpc) is 3.37. The first-order valence-electron chi connectivity index (χ1n) is 11.8. The highest BCUT2D eigenvalue weighted by atomic mass is 32.2. The Morgan fingerprint density at radius 2 is 1.68 bits per heavy atom. The van der Waals surface area contributed by atoms with Crippen LogP contribution in [0.15, 0.2) is 72.8 Å². The van der Waals surface area contributed by atoms with Crippen molar-refractivity contribution in [1.82, 2.24) is 10.2 Å². The number of likely N-dealkylation sites (N-methyl/N-ethyl adjacent to an activating group) is 1. The Morgan fingerprint density at radius 1 is 1.00 bits per heavy atom.